The predicted molar refractivity (Wildman–Crippen MR) is 122 cm³/mol. The fourth-order valence-electron chi connectivity index (χ4n) is 4.40. The van der Waals surface area contributed by atoms with E-state index in [1.165, 1.54) is 0 Å². The summed E-state index contributed by atoms with van der Waals surface area (Å²) in [7, 11) is 0. The number of amides is 1. The zero-order valence-electron chi connectivity index (χ0n) is 17.0. The lowest BCUT2D eigenvalue weighted by molar-refractivity contribution is -0.115. The SMILES string of the molecule is CC1(C)CC(NC2=NC(=Cc3c[nH]c4ncccc34)C(=O)N2)CC(C)(C)N1.Cl.Cl. The standard InChI is InChI=1S/C20H26N6O.2ClH/c1-19(2)9-13(10-20(3,4)26-19)23-18-24-15(17(27)25-18)8-12-11-22-16-14(12)6-5-7-21-16;;/h5-8,11,13,26H,9-10H2,1-4H3,(H,21,22)(H2,23,24,25,27);2*1H. The molecule has 0 radical (unpaired) electrons. The molecule has 7 nitrogen and oxygen atoms in total. The summed E-state index contributed by atoms with van der Waals surface area (Å²) >= 11 is 0. The maximum Gasteiger partial charge on any atom is 0.276 e. The fourth-order valence-corrected chi connectivity index (χ4v) is 4.40. The van der Waals surface area contributed by atoms with Gasteiger partial charge in [0.05, 0.1) is 0 Å². The van der Waals surface area contributed by atoms with Gasteiger partial charge in [0.25, 0.3) is 5.91 Å². The molecule has 4 rings (SSSR count). The molecule has 0 aromatic carbocycles. The number of piperidine rings is 1. The number of pyridine rings is 1. The third-order valence-corrected chi connectivity index (χ3v) is 5.00. The number of H-pyrrole nitrogens is 1. The van der Waals surface area contributed by atoms with Crippen molar-refractivity contribution >= 4 is 53.8 Å². The van der Waals surface area contributed by atoms with E-state index in [-0.39, 0.29) is 47.8 Å². The lowest BCUT2D eigenvalue weighted by Crippen LogP contribution is -2.62. The van der Waals surface area contributed by atoms with Gasteiger partial charge in [-0.3, -0.25) is 10.1 Å². The minimum atomic E-state index is -0.191. The Morgan fingerprint density at radius 3 is 2.55 bits per heavy atom. The second-order valence-corrected chi connectivity index (χ2v) is 8.73. The van der Waals surface area contributed by atoms with Crippen LogP contribution in [0.3, 0.4) is 0 Å². The predicted octanol–water partition coefficient (Wildman–Crippen LogP) is 3.13. The van der Waals surface area contributed by atoms with Gasteiger partial charge in [0.1, 0.15) is 11.3 Å². The van der Waals surface area contributed by atoms with Gasteiger partial charge in [-0.05, 0) is 58.7 Å². The first kappa shape index (κ1) is 23.2. The number of halogens is 2. The molecule has 0 spiro atoms. The maximum atomic E-state index is 12.4. The van der Waals surface area contributed by atoms with Crippen molar-refractivity contribution in [1.29, 1.82) is 0 Å². The summed E-state index contributed by atoms with van der Waals surface area (Å²) in [5, 5.41) is 10.9. The molecule has 2 aliphatic heterocycles. The molecule has 2 aromatic rings. The molecule has 158 valence electrons. The van der Waals surface area contributed by atoms with Crippen LogP contribution < -0.4 is 16.0 Å². The van der Waals surface area contributed by atoms with Crippen LogP contribution in [0.1, 0.15) is 46.1 Å². The molecule has 2 aromatic heterocycles. The number of carbonyl (C=O) groups excluding carboxylic acids is 1. The summed E-state index contributed by atoms with van der Waals surface area (Å²) in [5.41, 5.74) is 2.15. The number of fused-ring (bicyclic) bond motifs is 1. The smallest absolute Gasteiger partial charge is 0.276 e. The average molecular weight is 439 g/mol. The number of guanidine groups is 1. The fraction of sp³-hybridized carbons (Fsp3) is 0.450. The highest BCUT2D eigenvalue weighted by atomic mass is 35.5. The van der Waals surface area contributed by atoms with Gasteiger partial charge in [-0.25, -0.2) is 9.98 Å². The summed E-state index contributed by atoms with van der Waals surface area (Å²) in [6.45, 7) is 8.81. The van der Waals surface area contributed by atoms with Crippen LogP contribution in [0, 0.1) is 0 Å². The van der Waals surface area contributed by atoms with E-state index < -0.39 is 0 Å². The molecule has 0 atom stereocenters. The van der Waals surface area contributed by atoms with Crippen molar-refractivity contribution in [3.63, 3.8) is 0 Å². The van der Waals surface area contributed by atoms with Crippen molar-refractivity contribution in [2.24, 2.45) is 4.99 Å². The molecule has 4 N–H and O–H groups in total. The molecule has 0 saturated carbocycles. The normalized spacial score (nSPS) is 21.9. The lowest BCUT2D eigenvalue weighted by Gasteiger charge is -2.46. The van der Waals surface area contributed by atoms with E-state index >= 15 is 0 Å². The van der Waals surface area contributed by atoms with Crippen LogP contribution in [-0.2, 0) is 4.79 Å². The van der Waals surface area contributed by atoms with Gasteiger partial charge < -0.3 is 15.6 Å². The Morgan fingerprint density at radius 2 is 1.86 bits per heavy atom. The van der Waals surface area contributed by atoms with Gasteiger partial charge in [-0.2, -0.15) is 0 Å². The summed E-state index contributed by atoms with van der Waals surface area (Å²) in [6, 6.07) is 4.09. The summed E-state index contributed by atoms with van der Waals surface area (Å²) < 4.78 is 0. The quantitative estimate of drug-likeness (QED) is 0.541. The number of hydrogen-bond acceptors (Lipinski definition) is 5. The molecule has 1 amide bonds. The van der Waals surface area contributed by atoms with Crippen LogP contribution in [0.4, 0.5) is 0 Å². The highest BCUT2D eigenvalue weighted by Crippen LogP contribution is 2.28. The minimum absolute atomic E-state index is 0. The molecule has 1 fully saturated rings. The first-order valence-corrected chi connectivity index (χ1v) is 9.31. The largest absolute Gasteiger partial charge is 0.353 e. The summed E-state index contributed by atoms with van der Waals surface area (Å²) in [6.07, 6.45) is 7.29. The Kier molecular flexibility index (Phi) is 6.67. The van der Waals surface area contributed by atoms with E-state index in [1.807, 2.05) is 18.3 Å². The van der Waals surface area contributed by atoms with Gasteiger partial charge in [0.15, 0.2) is 0 Å². The molecule has 1 saturated heterocycles. The third kappa shape index (κ3) is 5.10. The van der Waals surface area contributed by atoms with Crippen LogP contribution >= 0.6 is 24.8 Å². The zero-order chi connectivity index (χ0) is 19.2. The monoisotopic (exact) mass is 438 g/mol. The molecule has 2 aliphatic rings. The Hall–Kier alpha value is -2.09. The second kappa shape index (κ2) is 8.34. The Labute approximate surface area is 183 Å². The second-order valence-electron chi connectivity index (χ2n) is 8.73. The first-order valence-electron chi connectivity index (χ1n) is 9.31. The number of aromatic nitrogens is 2. The van der Waals surface area contributed by atoms with E-state index in [4.69, 9.17) is 0 Å². The molecular formula is C20H28Cl2N6O. The van der Waals surface area contributed by atoms with Crippen molar-refractivity contribution in [2.45, 2.75) is 57.7 Å². The Morgan fingerprint density at radius 1 is 1.17 bits per heavy atom. The van der Waals surface area contributed by atoms with E-state index in [9.17, 15) is 4.79 Å². The molecule has 0 bridgehead atoms. The summed E-state index contributed by atoms with van der Waals surface area (Å²) in [5.74, 6) is 0.339. The molecule has 4 heterocycles. The molecular weight excluding hydrogens is 411 g/mol. The van der Waals surface area contributed by atoms with Gasteiger partial charge in [-0.1, -0.05) is 0 Å². The molecule has 0 aliphatic carbocycles. The number of nitrogens with zero attached hydrogens (tertiary/aromatic N) is 2. The van der Waals surface area contributed by atoms with Crippen LogP contribution in [0.15, 0.2) is 35.2 Å². The molecule has 0 unspecified atom stereocenters. The van der Waals surface area contributed by atoms with Gasteiger partial charge in [-0.15, -0.1) is 24.8 Å². The van der Waals surface area contributed by atoms with Crippen molar-refractivity contribution in [3.8, 4) is 0 Å². The van der Waals surface area contributed by atoms with Crippen LogP contribution in [0.25, 0.3) is 17.1 Å². The van der Waals surface area contributed by atoms with Gasteiger partial charge in [0.2, 0.25) is 5.96 Å². The number of aliphatic imine (C=N–C) groups is 1. The van der Waals surface area contributed by atoms with Crippen LogP contribution in [-0.4, -0.2) is 39.0 Å². The van der Waals surface area contributed by atoms with E-state index in [1.54, 1.807) is 12.3 Å². The van der Waals surface area contributed by atoms with E-state index in [0.717, 1.165) is 29.4 Å². The Bertz CT molecular complexity index is 947. The van der Waals surface area contributed by atoms with Crippen LogP contribution in [0.2, 0.25) is 0 Å². The van der Waals surface area contributed by atoms with Crippen LogP contribution in [0.5, 0.6) is 0 Å². The van der Waals surface area contributed by atoms with Crippen molar-refractivity contribution in [2.75, 3.05) is 0 Å². The first-order chi connectivity index (χ1) is 12.7. The average Bonchev–Trinajstić information content (AvgIpc) is 3.09. The van der Waals surface area contributed by atoms with Gasteiger partial charge in [0, 0.05) is 40.5 Å². The van der Waals surface area contributed by atoms with Crippen molar-refractivity contribution in [3.05, 3.63) is 35.8 Å². The number of aromatic amines is 1. The number of hydrogen-bond donors (Lipinski definition) is 4. The number of carbonyl (C=O) groups is 1. The highest BCUT2D eigenvalue weighted by molar-refractivity contribution is 6.14. The van der Waals surface area contributed by atoms with Crippen molar-refractivity contribution in [1.82, 2.24) is 25.9 Å². The Balaban J connectivity index is 0.00000150. The summed E-state index contributed by atoms with van der Waals surface area (Å²) in [4.78, 5) is 24.3. The minimum Gasteiger partial charge on any atom is -0.353 e. The topological polar surface area (TPSA) is 94.2 Å². The number of rotatable bonds is 2. The molecule has 9 heteroatoms. The highest BCUT2D eigenvalue weighted by Gasteiger charge is 2.38. The van der Waals surface area contributed by atoms with E-state index in [2.05, 4.69) is 58.6 Å². The van der Waals surface area contributed by atoms with Gasteiger partial charge >= 0.3 is 0 Å². The zero-order valence-corrected chi connectivity index (χ0v) is 18.6. The number of nitrogens with one attached hydrogen (secondary N) is 4. The lowest BCUT2D eigenvalue weighted by atomic mass is 9.80. The van der Waals surface area contributed by atoms with E-state index in [0.29, 0.717) is 11.7 Å². The van der Waals surface area contributed by atoms with Crippen molar-refractivity contribution < 1.29 is 4.79 Å². The maximum absolute atomic E-state index is 12.4. The third-order valence-electron chi connectivity index (χ3n) is 5.00. The molecule has 29 heavy (non-hydrogen) atoms.